The number of Topliss-reactive ketones (excluding diaryl/α,β-unsaturated/α-hetero) is 1. The van der Waals surface area contributed by atoms with Crippen molar-refractivity contribution in [1.29, 1.82) is 0 Å². The lowest BCUT2D eigenvalue weighted by molar-refractivity contribution is -0.132. The van der Waals surface area contributed by atoms with E-state index >= 15 is 0 Å². The van der Waals surface area contributed by atoms with E-state index in [0.717, 1.165) is 18.4 Å². The summed E-state index contributed by atoms with van der Waals surface area (Å²) in [5, 5.41) is 11.4. The molecule has 1 amide bonds. The number of anilines is 1. The predicted octanol–water partition coefficient (Wildman–Crippen LogP) is 5.59. The molecule has 3 aromatic rings. The number of nitrogens with zero attached hydrogens (tertiary/aromatic N) is 1. The molecule has 1 atom stereocenters. The maximum absolute atomic E-state index is 13.4. The molecule has 1 aliphatic rings. The summed E-state index contributed by atoms with van der Waals surface area (Å²) in [6.45, 7) is 5.84. The first-order chi connectivity index (χ1) is 17.8. The van der Waals surface area contributed by atoms with Crippen LogP contribution in [-0.4, -0.2) is 29.4 Å². The number of ether oxygens (including phenoxy) is 2. The molecule has 0 spiro atoms. The van der Waals surface area contributed by atoms with Crippen molar-refractivity contribution in [2.45, 2.75) is 39.7 Å². The standard InChI is InChI=1S/C30H29NO6/c1-4-17-36-25-8-6-7-22(18-25)28(33)26-27(21-11-15-24(16-12-21)37-19(3)32)31(30(35)29(26)34)23-13-9-20(5-2)10-14-23/h6-16,18,27,33H,4-5,17H2,1-3H3/b28-26-. The number of esters is 1. The summed E-state index contributed by atoms with van der Waals surface area (Å²) in [6.07, 6.45) is 1.65. The number of carbonyl (C=O) groups excluding carboxylic acids is 3. The Balaban J connectivity index is 1.85. The second kappa shape index (κ2) is 11.1. The van der Waals surface area contributed by atoms with Crippen LogP contribution < -0.4 is 14.4 Å². The van der Waals surface area contributed by atoms with E-state index in [2.05, 4.69) is 0 Å². The summed E-state index contributed by atoms with van der Waals surface area (Å²) in [4.78, 5) is 39.5. The molecule has 0 bridgehead atoms. The average molecular weight is 500 g/mol. The van der Waals surface area contributed by atoms with Gasteiger partial charge in [0, 0.05) is 18.2 Å². The minimum atomic E-state index is -0.890. The van der Waals surface area contributed by atoms with Crippen LogP contribution in [0.3, 0.4) is 0 Å². The summed E-state index contributed by atoms with van der Waals surface area (Å²) < 4.78 is 10.8. The molecule has 1 heterocycles. The van der Waals surface area contributed by atoms with Gasteiger partial charge < -0.3 is 14.6 Å². The van der Waals surface area contributed by atoms with Crippen LogP contribution in [0.1, 0.15) is 49.9 Å². The third-order valence-corrected chi connectivity index (χ3v) is 6.10. The van der Waals surface area contributed by atoms with E-state index in [1.165, 1.54) is 11.8 Å². The van der Waals surface area contributed by atoms with Crippen molar-refractivity contribution in [2.24, 2.45) is 0 Å². The number of carbonyl (C=O) groups is 3. The van der Waals surface area contributed by atoms with Gasteiger partial charge in [-0.05, 0) is 60.4 Å². The Morgan fingerprint density at radius 2 is 1.65 bits per heavy atom. The van der Waals surface area contributed by atoms with E-state index in [-0.39, 0.29) is 11.3 Å². The number of hydrogen-bond donors (Lipinski definition) is 1. The molecule has 1 fully saturated rings. The monoisotopic (exact) mass is 499 g/mol. The zero-order valence-electron chi connectivity index (χ0n) is 21.1. The fraction of sp³-hybridized carbons (Fsp3) is 0.233. The van der Waals surface area contributed by atoms with Crippen molar-refractivity contribution in [3.05, 3.63) is 95.1 Å². The highest BCUT2D eigenvalue weighted by atomic mass is 16.5. The van der Waals surface area contributed by atoms with Gasteiger partial charge in [0.05, 0.1) is 18.2 Å². The van der Waals surface area contributed by atoms with Crippen LogP contribution in [0.2, 0.25) is 0 Å². The number of ketones is 1. The number of aliphatic hydroxyl groups is 1. The van der Waals surface area contributed by atoms with Gasteiger partial charge in [0.25, 0.3) is 11.7 Å². The van der Waals surface area contributed by atoms with E-state index in [1.807, 2.05) is 26.0 Å². The molecule has 37 heavy (non-hydrogen) atoms. The van der Waals surface area contributed by atoms with Crippen molar-refractivity contribution in [2.75, 3.05) is 11.5 Å². The average Bonchev–Trinajstić information content (AvgIpc) is 3.17. The minimum Gasteiger partial charge on any atom is -0.507 e. The highest BCUT2D eigenvalue weighted by Gasteiger charge is 2.47. The van der Waals surface area contributed by atoms with Crippen LogP contribution in [0.25, 0.3) is 5.76 Å². The highest BCUT2D eigenvalue weighted by Crippen LogP contribution is 2.42. The number of aliphatic hydroxyl groups excluding tert-OH is 1. The van der Waals surface area contributed by atoms with Crippen molar-refractivity contribution >= 4 is 29.1 Å². The lowest BCUT2D eigenvalue weighted by Gasteiger charge is -2.25. The third-order valence-electron chi connectivity index (χ3n) is 6.10. The molecule has 1 N–H and O–H groups in total. The van der Waals surface area contributed by atoms with E-state index in [9.17, 15) is 19.5 Å². The van der Waals surface area contributed by atoms with Crippen LogP contribution in [0, 0.1) is 0 Å². The number of amides is 1. The van der Waals surface area contributed by atoms with Gasteiger partial charge in [0.1, 0.15) is 17.3 Å². The predicted molar refractivity (Wildman–Crippen MR) is 141 cm³/mol. The number of aryl methyl sites for hydroxylation is 1. The molecule has 190 valence electrons. The molecular weight excluding hydrogens is 470 g/mol. The topological polar surface area (TPSA) is 93.1 Å². The second-order valence-electron chi connectivity index (χ2n) is 8.73. The molecule has 1 unspecified atom stereocenters. The third kappa shape index (κ3) is 5.40. The smallest absolute Gasteiger partial charge is 0.308 e. The fourth-order valence-corrected chi connectivity index (χ4v) is 4.30. The summed E-state index contributed by atoms with van der Waals surface area (Å²) in [7, 11) is 0. The summed E-state index contributed by atoms with van der Waals surface area (Å²) in [5.41, 5.74) is 2.54. The fourth-order valence-electron chi connectivity index (χ4n) is 4.30. The van der Waals surface area contributed by atoms with Crippen LogP contribution in [-0.2, 0) is 20.8 Å². The second-order valence-corrected chi connectivity index (χ2v) is 8.73. The zero-order chi connectivity index (χ0) is 26.5. The van der Waals surface area contributed by atoms with Gasteiger partial charge >= 0.3 is 5.97 Å². The van der Waals surface area contributed by atoms with E-state index in [0.29, 0.717) is 34.9 Å². The Morgan fingerprint density at radius 3 is 2.27 bits per heavy atom. The SMILES string of the molecule is CCCOc1cccc(/C(O)=C2/C(=O)C(=O)N(c3ccc(CC)cc3)C2c2ccc(OC(C)=O)cc2)c1. The van der Waals surface area contributed by atoms with Crippen LogP contribution >= 0.6 is 0 Å². The van der Waals surface area contributed by atoms with E-state index in [1.54, 1.807) is 60.7 Å². The molecule has 3 aromatic carbocycles. The molecule has 0 saturated carbocycles. The Labute approximate surface area is 215 Å². The zero-order valence-corrected chi connectivity index (χ0v) is 21.1. The van der Waals surface area contributed by atoms with Crippen LogP contribution in [0.5, 0.6) is 11.5 Å². The molecule has 1 aliphatic heterocycles. The Morgan fingerprint density at radius 1 is 0.946 bits per heavy atom. The molecule has 7 nitrogen and oxygen atoms in total. The minimum absolute atomic E-state index is 0.0301. The molecule has 0 aromatic heterocycles. The first-order valence-electron chi connectivity index (χ1n) is 12.3. The highest BCUT2D eigenvalue weighted by molar-refractivity contribution is 6.51. The van der Waals surface area contributed by atoms with Gasteiger partial charge in [0.15, 0.2) is 0 Å². The summed E-state index contributed by atoms with van der Waals surface area (Å²) in [5.74, 6) is -1.38. The molecule has 4 rings (SSSR count). The number of hydrogen-bond acceptors (Lipinski definition) is 6. The Hall–Kier alpha value is -4.39. The first kappa shape index (κ1) is 25.7. The van der Waals surface area contributed by atoms with Crippen LogP contribution in [0.15, 0.2) is 78.4 Å². The van der Waals surface area contributed by atoms with Gasteiger partial charge in [-0.2, -0.15) is 0 Å². The van der Waals surface area contributed by atoms with E-state index in [4.69, 9.17) is 9.47 Å². The molecule has 0 aliphatic carbocycles. The van der Waals surface area contributed by atoms with Crippen molar-refractivity contribution < 1.29 is 29.0 Å². The number of benzene rings is 3. The molecule has 1 saturated heterocycles. The maximum atomic E-state index is 13.4. The number of rotatable bonds is 8. The quantitative estimate of drug-likeness (QED) is 0.143. The van der Waals surface area contributed by atoms with Crippen LogP contribution in [0.4, 0.5) is 5.69 Å². The Kier molecular flexibility index (Phi) is 7.72. The van der Waals surface area contributed by atoms with Crippen molar-refractivity contribution in [3.63, 3.8) is 0 Å². The largest absolute Gasteiger partial charge is 0.507 e. The first-order valence-corrected chi connectivity index (χ1v) is 12.3. The summed E-state index contributed by atoms with van der Waals surface area (Å²) >= 11 is 0. The molecular formula is C30H29NO6. The molecule has 0 radical (unpaired) electrons. The normalized spacial score (nSPS) is 16.6. The lowest BCUT2D eigenvalue weighted by Crippen LogP contribution is -2.29. The van der Waals surface area contributed by atoms with Gasteiger partial charge in [-0.3, -0.25) is 19.3 Å². The maximum Gasteiger partial charge on any atom is 0.308 e. The van der Waals surface area contributed by atoms with Gasteiger partial charge in [-0.25, -0.2) is 0 Å². The Bertz CT molecular complexity index is 1340. The van der Waals surface area contributed by atoms with E-state index < -0.39 is 23.7 Å². The van der Waals surface area contributed by atoms with Gasteiger partial charge in [0.2, 0.25) is 0 Å². The molecule has 7 heteroatoms. The lowest BCUT2D eigenvalue weighted by atomic mass is 9.95. The van der Waals surface area contributed by atoms with Gasteiger partial charge in [-0.1, -0.05) is 50.2 Å². The van der Waals surface area contributed by atoms with Crippen molar-refractivity contribution in [3.8, 4) is 11.5 Å². The van der Waals surface area contributed by atoms with Crippen molar-refractivity contribution in [1.82, 2.24) is 0 Å². The van der Waals surface area contributed by atoms with Gasteiger partial charge in [-0.15, -0.1) is 0 Å². The summed E-state index contributed by atoms with van der Waals surface area (Å²) in [6, 6.07) is 19.9.